The maximum absolute atomic E-state index is 9.53. The minimum absolute atomic E-state index is 0.496. The molecule has 0 aliphatic carbocycles. The summed E-state index contributed by atoms with van der Waals surface area (Å²) in [4.78, 5) is 6.78. The van der Waals surface area contributed by atoms with Crippen LogP contribution in [0.1, 0.15) is 59.3 Å². The van der Waals surface area contributed by atoms with Gasteiger partial charge in [0.2, 0.25) is 0 Å². The van der Waals surface area contributed by atoms with Gasteiger partial charge in [0.15, 0.2) is 0 Å². The van der Waals surface area contributed by atoms with Crippen molar-refractivity contribution in [3.8, 4) is 0 Å². The van der Waals surface area contributed by atoms with Crippen LogP contribution in [0.15, 0.2) is 18.3 Å². The lowest BCUT2D eigenvalue weighted by Gasteiger charge is -2.26. The summed E-state index contributed by atoms with van der Waals surface area (Å²) in [6, 6.07) is 4.01. The van der Waals surface area contributed by atoms with Gasteiger partial charge in [0.1, 0.15) is 0 Å². The Kier molecular flexibility index (Phi) is 7.00. The molecule has 1 aromatic rings. The number of pyridine rings is 1. The van der Waals surface area contributed by atoms with E-state index in [0.717, 1.165) is 24.5 Å². The summed E-state index contributed by atoms with van der Waals surface area (Å²) in [6.45, 7) is 12.9. The molecule has 20 heavy (non-hydrogen) atoms. The Hall–Kier alpha value is -1.09. The summed E-state index contributed by atoms with van der Waals surface area (Å²) < 4.78 is 0. The third-order valence-corrected chi connectivity index (χ3v) is 3.52. The maximum atomic E-state index is 9.53. The van der Waals surface area contributed by atoms with Crippen molar-refractivity contribution in [2.45, 2.75) is 53.6 Å². The molecule has 114 valence electrons. The van der Waals surface area contributed by atoms with Crippen LogP contribution in [0.3, 0.4) is 0 Å². The Labute approximate surface area is 124 Å². The normalized spacial score (nSPS) is 13.0. The van der Waals surface area contributed by atoms with E-state index in [9.17, 15) is 5.11 Å². The molecule has 1 N–H and O–H groups in total. The summed E-state index contributed by atoms with van der Waals surface area (Å²) in [7, 11) is 0. The van der Waals surface area contributed by atoms with Crippen LogP contribution in [0.5, 0.6) is 0 Å². The Morgan fingerprint density at radius 2 is 1.55 bits per heavy atom. The van der Waals surface area contributed by atoms with Crippen molar-refractivity contribution in [1.82, 2.24) is 4.98 Å². The van der Waals surface area contributed by atoms with Crippen LogP contribution in [-0.2, 0) is 0 Å². The van der Waals surface area contributed by atoms with Gasteiger partial charge in [-0.15, -0.1) is 0 Å². The van der Waals surface area contributed by atoms with E-state index in [4.69, 9.17) is 0 Å². The zero-order valence-corrected chi connectivity index (χ0v) is 13.6. The molecule has 0 saturated carbocycles. The van der Waals surface area contributed by atoms with Gasteiger partial charge in [0, 0.05) is 13.1 Å². The molecule has 0 fully saturated rings. The van der Waals surface area contributed by atoms with Gasteiger partial charge in [-0.2, -0.15) is 0 Å². The first kappa shape index (κ1) is 17.0. The number of hydrogen-bond donors (Lipinski definition) is 1. The van der Waals surface area contributed by atoms with Gasteiger partial charge < -0.3 is 10.0 Å². The average molecular weight is 278 g/mol. The smallest absolute Gasteiger partial charge is 0.0931 e. The highest BCUT2D eigenvalue weighted by molar-refractivity contribution is 5.44. The van der Waals surface area contributed by atoms with Gasteiger partial charge in [0.25, 0.3) is 0 Å². The molecule has 0 aliphatic rings. The zero-order valence-electron chi connectivity index (χ0n) is 13.6. The minimum Gasteiger partial charge on any atom is -0.387 e. The lowest BCUT2D eigenvalue weighted by Crippen LogP contribution is -2.27. The number of rotatable bonds is 8. The maximum Gasteiger partial charge on any atom is 0.0931 e. The number of aliphatic hydroxyl groups is 1. The summed E-state index contributed by atoms with van der Waals surface area (Å²) in [5.74, 6) is 1.42. The second-order valence-electron chi connectivity index (χ2n) is 6.47. The fraction of sp³-hybridized carbons (Fsp3) is 0.706. The van der Waals surface area contributed by atoms with Crippen molar-refractivity contribution in [1.29, 1.82) is 0 Å². The fourth-order valence-electron chi connectivity index (χ4n) is 2.03. The molecule has 1 heterocycles. The molecular weight excluding hydrogens is 248 g/mol. The standard InChI is InChI=1S/C17H30N2O/c1-13(2)8-10-19(11-9-14(3)4)16-6-7-17(15(5)20)18-12-16/h6-7,12-15,20H,8-11H2,1-5H3. The Balaban J connectivity index is 2.74. The highest BCUT2D eigenvalue weighted by Crippen LogP contribution is 2.19. The number of hydrogen-bond acceptors (Lipinski definition) is 3. The molecule has 1 unspecified atom stereocenters. The molecular formula is C17H30N2O. The van der Waals surface area contributed by atoms with E-state index in [1.807, 2.05) is 12.3 Å². The first-order valence-electron chi connectivity index (χ1n) is 7.79. The molecule has 3 nitrogen and oxygen atoms in total. The molecule has 0 saturated heterocycles. The number of nitrogens with zero attached hydrogens (tertiary/aromatic N) is 2. The average Bonchev–Trinajstić information content (AvgIpc) is 2.38. The Morgan fingerprint density at radius 3 is 1.90 bits per heavy atom. The van der Waals surface area contributed by atoms with Gasteiger partial charge >= 0.3 is 0 Å². The summed E-state index contributed by atoms with van der Waals surface area (Å²) in [5.41, 5.74) is 1.90. The largest absolute Gasteiger partial charge is 0.387 e. The summed E-state index contributed by atoms with van der Waals surface area (Å²) >= 11 is 0. The molecule has 1 atom stereocenters. The summed E-state index contributed by atoms with van der Waals surface area (Å²) in [6.07, 6.45) is 3.78. The monoisotopic (exact) mass is 278 g/mol. The van der Waals surface area contributed by atoms with Crippen molar-refractivity contribution in [2.75, 3.05) is 18.0 Å². The Morgan fingerprint density at radius 1 is 1.00 bits per heavy atom. The fourth-order valence-corrected chi connectivity index (χ4v) is 2.03. The lowest BCUT2D eigenvalue weighted by atomic mass is 10.1. The van der Waals surface area contributed by atoms with Crippen LogP contribution in [0, 0.1) is 11.8 Å². The second kappa shape index (κ2) is 8.25. The van der Waals surface area contributed by atoms with Gasteiger partial charge in [-0.25, -0.2) is 0 Å². The van der Waals surface area contributed by atoms with Gasteiger partial charge in [-0.05, 0) is 43.7 Å². The van der Waals surface area contributed by atoms with Crippen molar-refractivity contribution in [3.05, 3.63) is 24.0 Å². The van der Waals surface area contributed by atoms with Crippen molar-refractivity contribution >= 4 is 5.69 Å². The first-order valence-corrected chi connectivity index (χ1v) is 7.79. The third-order valence-electron chi connectivity index (χ3n) is 3.52. The number of anilines is 1. The van der Waals surface area contributed by atoms with E-state index < -0.39 is 6.10 Å². The second-order valence-corrected chi connectivity index (χ2v) is 6.47. The van der Waals surface area contributed by atoms with Crippen LogP contribution in [-0.4, -0.2) is 23.2 Å². The molecule has 0 bridgehead atoms. The van der Waals surface area contributed by atoms with E-state index in [1.54, 1.807) is 6.92 Å². The third kappa shape index (κ3) is 5.91. The minimum atomic E-state index is -0.496. The Bertz CT molecular complexity index is 359. The molecule has 0 amide bonds. The van der Waals surface area contributed by atoms with Crippen LogP contribution in [0.2, 0.25) is 0 Å². The molecule has 0 aliphatic heterocycles. The summed E-state index contributed by atoms with van der Waals surface area (Å²) in [5, 5.41) is 9.53. The first-order chi connectivity index (χ1) is 9.40. The van der Waals surface area contributed by atoms with E-state index in [2.05, 4.69) is 43.6 Å². The predicted octanol–water partition coefficient (Wildman–Crippen LogP) is 4.03. The van der Waals surface area contributed by atoms with Crippen molar-refractivity contribution < 1.29 is 5.11 Å². The molecule has 0 spiro atoms. The quantitative estimate of drug-likeness (QED) is 0.780. The highest BCUT2D eigenvalue weighted by Gasteiger charge is 2.10. The van der Waals surface area contributed by atoms with Crippen LogP contribution in [0.25, 0.3) is 0 Å². The zero-order chi connectivity index (χ0) is 15.1. The molecule has 3 heteroatoms. The van der Waals surface area contributed by atoms with Gasteiger partial charge in [0.05, 0.1) is 23.7 Å². The highest BCUT2D eigenvalue weighted by atomic mass is 16.3. The van der Waals surface area contributed by atoms with Crippen molar-refractivity contribution in [2.24, 2.45) is 11.8 Å². The van der Waals surface area contributed by atoms with Gasteiger partial charge in [-0.3, -0.25) is 4.98 Å². The van der Waals surface area contributed by atoms with E-state index >= 15 is 0 Å². The van der Waals surface area contributed by atoms with Crippen LogP contribution >= 0.6 is 0 Å². The van der Waals surface area contributed by atoms with E-state index in [-0.39, 0.29) is 0 Å². The predicted molar refractivity (Wildman–Crippen MR) is 86.0 cm³/mol. The van der Waals surface area contributed by atoms with Crippen LogP contribution < -0.4 is 4.90 Å². The number of aliphatic hydroxyl groups excluding tert-OH is 1. The van der Waals surface area contributed by atoms with Gasteiger partial charge in [-0.1, -0.05) is 27.7 Å². The molecule has 0 radical (unpaired) electrons. The lowest BCUT2D eigenvalue weighted by molar-refractivity contribution is 0.194. The molecule has 1 rings (SSSR count). The van der Waals surface area contributed by atoms with E-state index in [1.165, 1.54) is 12.8 Å². The topological polar surface area (TPSA) is 36.4 Å². The SMILES string of the molecule is CC(C)CCN(CCC(C)C)c1ccc(C(C)O)nc1. The van der Waals surface area contributed by atoms with Crippen molar-refractivity contribution in [3.63, 3.8) is 0 Å². The van der Waals surface area contributed by atoms with Crippen LogP contribution in [0.4, 0.5) is 5.69 Å². The molecule has 1 aromatic heterocycles. The number of aromatic nitrogens is 1. The molecule has 0 aromatic carbocycles. The van der Waals surface area contributed by atoms with E-state index in [0.29, 0.717) is 11.8 Å².